The fourth-order valence-electron chi connectivity index (χ4n) is 1.59. The molecule has 2 aromatic rings. The molecule has 0 unspecified atom stereocenters. The SMILES string of the molecule is CCc1cnc2c(O)cc(C(=O)O)cc2c1. The smallest absolute Gasteiger partial charge is 0.335 e. The highest BCUT2D eigenvalue weighted by molar-refractivity contribution is 5.96. The van der Waals surface area contributed by atoms with Crippen LogP contribution in [0.1, 0.15) is 22.8 Å². The number of phenols is 1. The van der Waals surface area contributed by atoms with Crippen molar-refractivity contribution in [3.8, 4) is 5.75 Å². The summed E-state index contributed by atoms with van der Waals surface area (Å²) in [6.45, 7) is 1.99. The Kier molecular flexibility index (Phi) is 2.48. The lowest BCUT2D eigenvalue weighted by molar-refractivity contribution is 0.0696. The van der Waals surface area contributed by atoms with Crippen LogP contribution < -0.4 is 0 Å². The summed E-state index contributed by atoms with van der Waals surface area (Å²) in [6, 6.07) is 4.57. The molecule has 0 fully saturated rings. The second kappa shape index (κ2) is 3.81. The molecule has 2 N–H and O–H groups in total. The number of hydrogen-bond donors (Lipinski definition) is 2. The Labute approximate surface area is 92.2 Å². The number of aromatic carboxylic acids is 1. The number of aromatic hydroxyl groups is 1. The van der Waals surface area contributed by atoms with Crippen molar-refractivity contribution in [1.29, 1.82) is 0 Å². The first-order chi connectivity index (χ1) is 7.61. The van der Waals surface area contributed by atoms with E-state index in [1.807, 2.05) is 13.0 Å². The molecule has 0 saturated heterocycles. The number of carboxylic acid groups (broad SMARTS) is 1. The van der Waals surface area contributed by atoms with Crippen LogP contribution in [-0.2, 0) is 6.42 Å². The quantitative estimate of drug-likeness (QED) is 0.809. The second-order valence-corrected chi connectivity index (χ2v) is 3.57. The third kappa shape index (κ3) is 1.69. The number of phenolic OH excluding ortho intramolecular Hbond substituents is 1. The molecule has 0 aliphatic heterocycles. The maximum absolute atomic E-state index is 10.8. The Bertz CT molecular complexity index is 563. The van der Waals surface area contributed by atoms with Crippen molar-refractivity contribution in [3.63, 3.8) is 0 Å². The summed E-state index contributed by atoms with van der Waals surface area (Å²) < 4.78 is 0. The van der Waals surface area contributed by atoms with Crippen molar-refractivity contribution in [1.82, 2.24) is 4.98 Å². The van der Waals surface area contributed by atoms with Crippen molar-refractivity contribution >= 4 is 16.9 Å². The van der Waals surface area contributed by atoms with Crippen LogP contribution in [0.4, 0.5) is 0 Å². The lowest BCUT2D eigenvalue weighted by Crippen LogP contribution is -1.96. The first kappa shape index (κ1) is 10.4. The minimum absolute atomic E-state index is 0.0695. The van der Waals surface area contributed by atoms with Gasteiger partial charge in [0.1, 0.15) is 11.3 Å². The van der Waals surface area contributed by atoms with Gasteiger partial charge in [-0.15, -0.1) is 0 Å². The number of aromatic nitrogens is 1. The van der Waals surface area contributed by atoms with Gasteiger partial charge in [-0.3, -0.25) is 4.98 Å². The molecule has 0 atom stereocenters. The van der Waals surface area contributed by atoms with Crippen molar-refractivity contribution in [2.75, 3.05) is 0 Å². The minimum atomic E-state index is -1.06. The maximum atomic E-state index is 10.8. The van der Waals surface area contributed by atoms with E-state index in [1.54, 1.807) is 6.20 Å². The van der Waals surface area contributed by atoms with Gasteiger partial charge in [-0.05, 0) is 30.2 Å². The van der Waals surface area contributed by atoms with Gasteiger partial charge in [-0.2, -0.15) is 0 Å². The Morgan fingerprint density at radius 2 is 2.12 bits per heavy atom. The third-order valence-electron chi connectivity index (χ3n) is 2.47. The second-order valence-electron chi connectivity index (χ2n) is 3.57. The molecule has 1 aromatic heterocycles. The molecule has 0 bridgehead atoms. The third-order valence-corrected chi connectivity index (χ3v) is 2.47. The molecule has 0 amide bonds. The molecule has 1 heterocycles. The molecule has 4 heteroatoms. The zero-order valence-electron chi connectivity index (χ0n) is 8.77. The monoisotopic (exact) mass is 217 g/mol. The van der Waals surface area contributed by atoms with E-state index in [1.165, 1.54) is 12.1 Å². The van der Waals surface area contributed by atoms with Gasteiger partial charge in [0.25, 0.3) is 0 Å². The topological polar surface area (TPSA) is 70.4 Å². The van der Waals surface area contributed by atoms with Crippen molar-refractivity contribution in [2.24, 2.45) is 0 Å². The molecule has 82 valence electrons. The molecule has 0 aliphatic rings. The molecule has 0 saturated carbocycles. The number of carbonyl (C=O) groups is 1. The number of rotatable bonds is 2. The van der Waals surface area contributed by atoms with Gasteiger partial charge in [0.2, 0.25) is 0 Å². The fourth-order valence-corrected chi connectivity index (χ4v) is 1.59. The van der Waals surface area contributed by atoms with Crippen LogP contribution in [0, 0.1) is 0 Å². The van der Waals surface area contributed by atoms with Crippen molar-refractivity contribution < 1.29 is 15.0 Å². The summed E-state index contributed by atoms with van der Waals surface area (Å²) in [4.78, 5) is 14.9. The number of aryl methyl sites for hydroxylation is 1. The normalized spacial score (nSPS) is 10.6. The largest absolute Gasteiger partial charge is 0.506 e. The number of fused-ring (bicyclic) bond motifs is 1. The molecule has 0 aliphatic carbocycles. The highest BCUT2D eigenvalue weighted by atomic mass is 16.4. The van der Waals surface area contributed by atoms with Crippen molar-refractivity contribution in [3.05, 3.63) is 35.5 Å². The van der Waals surface area contributed by atoms with E-state index in [-0.39, 0.29) is 11.3 Å². The van der Waals surface area contributed by atoms with Gasteiger partial charge in [0, 0.05) is 11.6 Å². The number of carboxylic acids is 1. The first-order valence-corrected chi connectivity index (χ1v) is 4.96. The van der Waals surface area contributed by atoms with E-state index < -0.39 is 5.97 Å². The molecular formula is C12H11NO3. The van der Waals surface area contributed by atoms with Crippen LogP contribution in [0.25, 0.3) is 10.9 Å². The molecule has 0 spiro atoms. The molecule has 1 aromatic carbocycles. The van der Waals surface area contributed by atoms with Crippen LogP contribution in [-0.4, -0.2) is 21.2 Å². The predicted molar refractivity (Wildman–Crippen MR) is 59.7 cm³/mol. The van der Waals surface area contributed by atoms with E-state index in [2.05, 4.69) is 4.98 Å². The summed E-state index contributed by atoms with van der Waals surface area (Å²) in [5.74, 6) is -1.16. The van der Waals surface area contributed by atoms with Crippen LogP contribution >= 0.6 is 0 Å². The fraction of sp³-hybridized carbons (Fsp3) is 0.167. The average Bonchev–Trinajstić information content (AvgIpc) is 2.28. The van der Waals surface area contributed by atoms with Crippen molar-refractivity contribution in [2.45, 2.75) is 13.3 Å². The lowest BCUT2D eigenvalue weighted by Gasteiger charge is -2.04. The van der Waals surface area contributed by atoms with Gasteiger partial charge >= 0.3 is 5.97 Å². The molecule has 0 radical (unpaired) electrons. The maximum Gasteiger partial charge on any atom is 0.335 e. The zero-order chi connectivity index (χ0) is 11.7. The standard InChI is InChI=1S/C12H11NO3/c1-2-7-3-8-4-9(12(15)16)5-10(14)11(8)13-6-7/h3-6,14H,2H2,1H3,(H,15,16). The number of hydrogen-bond acceptors (Lipinski definition) is 3. The number of pyridine rings is 1. The van der Waals surface area contributed by atoms with E-state index >= 15 is 0 Å². The van der Waals surface area contributed by atoms with Gasteiger partial charge in [0.15, 0.2) is 0 Å². The highest BCUT2D eigenvalue weighted by Gasteiger charge is 2.09. The Morgan fingerprint density at radius 3 is 2.75 bits per heavy atom. The molecule has 16 heavy (non-hydrogen) atoms. The summed E-state index contributed by atoms with van der Waals surface area (Å²) in [5, 5.41) is 19.2. The number of benzene rings is 1. The lowest BCUT2D eigenvalue weighted by atomic mass is 10.1. The average molecular weight is 217 g/mol. The van der Waals surface area contributed by atoms with Crippen LogP contribution in [0.5, 0.6) is 5.75 Å². The van der Waals surface area contributed by atoms with E-state index in [4.69, 9.17) is 5.11 Å². The predicted octanol–water partition coefficient (Wildman–Crippen LogP) is 2.20. The summed E-state index contributed by atoms with van der Waals surface area (Å²) in [7, 11) is 0. The Hall–Kier alpha value is -2.10. The summed E-state index contributed by atoms with van der Waals surface area (Å²) in [5.41, 5.74) is 1.51. The van der Waals surface area contributed by atoms with Crippen LogP contribution in [0.2, 0.25) is 0 Å². The highest BCUT2D eigenvalue weighted by Crippen LogP contribution is 2.25. The van der Waals surface area contributed by atoms with E-state index in [9.17, 15) is 9.90 Å². The van der Waals surface area contributed by atoms with Gasteiger partial charge in [0.05, 0.1) is 5.56 Å². The van der Waals surface area contributed by atoms with Crippen LogP contribution in [0.15, 0.2) is 24.4 Å². The summed E-state index contributed by atoms with van der Waals surface area (Å²) >= 11 is 0. The number of nitrogens with zero attached hydrogens (tertiary/aromatic N) is 1. The van der Waals surface area contributed by atoms with Gasteiger partial charge < -0.3 is 10.2 Å². The minimum Gasteiger partial charge on any atom is -0.506 e. The van der Waals surface area contributed by atoms with E-state index in [0.717, 1.165) is 12.0 Å². The Morgan fingerprint density at radius 1 is 1.38 bits per heavy atom. The molecule has 4 nitrogen and oxygen atoms in total. The molecular weight excluding hydrogens is 206 g/mol. The molecule has 2 rings (SSSR count). The first-order valence-electron chi connectivity index (χ1n) is 4.96. The summed E-state index contributed by atoms with van der Waals surface area (Å²) in [6.07, 6.45) is 2.50. The van der Waals surface area contributed by atoms with Gasteiger partial charge in [-0.25, -0.2) is 4.79 Å². The Balaban J connectivity index is 2.72. The van der Waals surface area contributed by atoms with E-state index in [0.29, 0.717) is 10.9 Å². The van der Waals surface area contributed by atoms with Crippen LogP contribution in [0.3, 0.4) is 0 Å². The zero-order valence-corrected chi connectivity index (χ0v) is 8.77. The van der Waals surface area contributed by atoms with Gasteiger partial charge in [-0.1, -0.05) is 6.92 Å².